The summed E-state index contributed by atoms with van der Waals surface area (Å²) in [5.41, 5.74) is 4.81. The molecule has 2 N–H and O–H groups in total. The van der Waals surface area contributed by atoms with Crippen LogP contribution in [0.15, 0.2) is 36.4 Å². The highest BCUT2D eigenvalue weighted by atomic mass is 16.3. The molecule has 0 aliphatic rings. The molecule has 0 bridgehead atoms. The van der Waals surface area contributed by atoms with E-state index in [1.54, 1.807) is 12.1 Å². The van der Waals surface area contributed by atoms with Gasteiger partial charge in [0.15, 0.2) is 0 Å². The molecule has 2 nitrogen and oxygen atoms in total. The highest BCUT2D eigenvalue weighted by Crippen LogP contribution is 2.30. The average molecular weight is 369 g/mol. The Bertz CT molecular complexity index is 695. The number of rotatable bonds is 6. The first-order chi connectivity index (χ1) is 12.4. The number of aryl methyl sites for hydroxylation is 2. The van der Waals surface area contributed by atoms with E-state index in [9.17, 15) is 10.2 Å². The summed E-state index contributed by atoms with van der Waals surface area (Å²) in [5.74, 6) is 0.600. The van der Waals surface area contributed by atoms with E-state index in [2.05, 4.69) is 53.7 Å². The Kier molecular flexibility index (Phi) is 6.62. The minimum Gasteiger partial charge on any atom is -0.508 e. The zero-order valence-corrected chi connectivity index (χ0v) is 17.9. The first-order valence-corrected chi connectivity index (χ1v) is 10.0. The normalized spacial score (nSPS) is 12.4. The molecule has 2 aromatic carbocycles. The van der Waals surface area contributed by atoms with Crippen LogP contribution in [0, 0.1) is 10.8 Å². The van der Waals surface area contributed by atoms with Crippen molar-refractivity contribution in [3.05, 3.63) is 58.7 Å². The van der Waals surface area contributed by atoms with E-state index in [1.165, 1.54) is 11.1 Å². The quantitative estimate of drug-likeness (QED) is 0.599. The van der Waals surface area contributed by atoms with Crippen LogP contribution < -0.4 is 0 Å². The second-order valence-electron chi connectivity index (χ2n) is 10.2. The maximum atomic E-state index is 10.3. The lowest BCUT2D eigenvalue weighted by Gasteiger charge is -2.19. The van der Waals surface area contributed by atoms with Crippen molar-refractivity contribution in [1.29, 1.82) is 0 Å². The smallest absolute Gasteiger partial charge is 0.119 e. The lowest BCUT2D eigenvalue weighted by molar-refractivity contribution is 0.378. The molecule has 0 saturated carbocycles. The van der Waals surface area contributed by atoms with Gasteiger partial charge in [-0.1, -0.05) is 65.8 Å². The third-order valence-corrected chi connectivity index (χ3v) is 5.00. The monoisotopic (exact) mass is 368 g/mol. The van der Waals surface area contributed by atoms with E-state index >= 15 is 0 Å². The summed E-state index contributed by atoms with van der Waals surface area (Å²) in [5, 5.41) is 20.6. The molecule has 27 heavy (non-hydrogen) atoms. The number of phenols is 2. The standard InChI is InChI=1S/C25H36O2/c1-24(2,3)13-11-18-7-9-22(26)20(15-18)17-21-16-19(8-10-23(21)27)12-14-25(4,5)6/h7-10,15-16,26-27H,11-14,17H2,1-6H3. The topological polar surface area (TPSA) is 40.5 Å². The van der Waals surface area contributed by atoms with Crippen molar-refractivity contribution in [3.63, 3.8) is 0 Å². The molecule has 2 aromatic rings. The van der Waals surface area contributed by atoms with Gasteiger partial charge < -0.3 is 10.2 Å². The van der Waals surface area contributed by atoms with Crippen molar-refractivity contribution in [2.24, 2.45) is 10.8 Å². The zero-order chi connectivity index (χ0) is 20.2. The van der Waals surface area contributed by atoms with Crippen molar-refractivity contribution in [1.82, 2.24) is 0 Å². The fourth-order valence-electron chi connectivity index (χ4n) is 3.12. The van der Waals surface area contributed by atoms with Gasteiger partial charge in [0.25, 0.3) is 0 Å². The van der Waals surface area contributed by atoms with Gasteiger partial charge in [0.2, 0.25) is 0 Å². The summed E-state index contributed by atoms with van der Waals surface area (Å²) in [7, 11) is 0. The first-order valence-electron chi connectivity index (χ1n) is 10.0. The van der Waals surface area contributed by atoms with Crippen molar-refractivity contribution in [3.8, 4) is 11.5 Å². The number of phenolic OH excluding ortho intramolecular Hbond substituents is 2. The lowest BCUT2D eigenvalue weighted by Crippen LogP contribution is -2.07. The third-order valence-electron chi connectivity index (χ3n) is 5.00. The summed E-state index contributed by atoms with van der Waals surface area (Å²) < 4.78 is 0. The van der Waals surface area contributed by atoms with Crippen molar-refractivity contribution in [2.75, 3.05) is 0 Å². The van der Waals surface area contributed by atoms with Crippen molar-refractivity contribution >= 4 is 0 Å². The van der Waals surface area contributed by atoms with Gasteiger partial charge in [-0.3, -0.25) is 0 Å². The summed E-state index contributed by atoms with van der Waals surface area (Å²) >= 11 is 0. The largest absolute Gasteiger partial charge is 0.508 e. The van der Waals surface area contributed by atoms with E-state index < -0.39 is 0 Å². The van der Waals surface area contributed by atoms with Gasteiger partial charge in [0, 0.05) is 6.42 Å². The summed E-state index contributed by atoms with van der Waals surface area (Å²) in [4.78, 5) is 0. The zero-order valence-electron chi connectivity index (χ0n) is 17.9. The van der Waals surface area contributed by atoms with Gasteiger partial charge in [-0.25, -0.2) is 0 Å². The van der Waals surface area contributed by atoms with Gasteiger partial charge in [0.1, 0.15) is 11.5 Å². The fourth-order valence-corrected chi connectivity index (χ4v) is 3.12. The van der Waals surface area contributed by atoms with Crippen LogP contribution in [0.3, 0.4) is 0 Å². The Hall–Kier alpha value is -1.96. The van der Waals surface area contributed by atoms with E-state index in [1.807, 2.05) is 12.1 Å². The summed E-state index contributed by atoms with van der Waals surface area (Å²) in [6.45, 7) is 13.5. The molecule has 0 amide bonds. The van der Waals surface area contributed by atoms with Crippen molar-refractivity contribution < 1.29 is 10.2 Å². The maximum absolute atomic E-state index is 10.3. The van der Waals surface area contributed by atoms with Gasteiger partial charge in [-0.05, 0) is 70.9 Å². The van der Waals surface area contributed by atoms with Gasteiger partial charge in [0.05, 0.1) is 0 Å². The number of hydrogen-bond donors (Lipinski definition) is 2. The van der Waals surface area contributed by atoms with Gasteiger partial charge in [-0.15, -0.1) is 0 Å². The van der Waals surface area contributed by atoms with E-state index in [0.29, 0.717) is 17.9 Å². The Morgan fingerprint density at radius 1 is 0.630 bits per heavy atom. The minimum atomic E-state index is 0.289. The molecule has 0 atom stereocenters. The van der Waals surface area contributed by atoms with Crippen LogP contribution >= 0.6 is 0 Å². The molecule has 0 fully saturated rings. The first kappa shape index (κ1) is 21.3. The Morgan fingerprint density at radius 2 is 1.00 bits per heavy atom. The average Bonchev–Trinajstić information content (AvgIpc) is 2.54. The van der Waals surface area contributed by atoms with Crippen molar-refractivity contribution in [2.45, 2.75) is 73.6 Å². The molecular weight excluding hydrogens is 332 g/mol. The molecule has 0 unspecified atom stereocenters. The van der Waals surface area contributed by atoms with E-state index in [4.69, 9.17) is 0 Å². The fraction of sp³-hybridized carbons (Fsp3) is 0.520. The number of hydrogen-bond acceptors (Lipinski definition) is 2. The van der Waals surface area contributed by atoms with Crippen LogP contribution in [0.4, 0.5) is 0 Å². The van der Waals surface area contributed by atoms with Crippen LogP contribution in [0.2, 0.25) is 0 Å². The molecule has 0 saturated heterocycles. The SMILES string of the molecule is CC(C)(C)CCc1ccc(O)c(Cc2cc(CCC(C)(C)C)ccc2O)c1. The molecular formula is C25H36O2. The molecule has 0 radical (unpaired) electrons. The third kappa shape index (κ3) is 7.28. The molecule has 2 heteroatoms. The van der Waals surface area contributed by atoms with Crippen LogP contribution in [0.5, 0.6) is 11.5 Å². The highest BCUT2D eigenvalue weighted by molar-refractivity contribution is 5.44. The van der Waals surface area contributed by atoms with Crippen LogP contribution in [0.1, 0.15) is 76.6 Å². The van der Waals surface area contributed by atoms with Crippen LogP contribution in [0.25, 0.3) is 0 Å². The number of benzene rings is 2. The predicted octanol–water partition coefficient (Wildman–Crippen LogP) is 6.65. The maximum Gasteiger partial charge on any atom is 0.119 e. The molecule has 0 aliphatic heterocycles. The second-order valence-corrected chi connectivity index (χ2v) is 10.2. The molecule has 148 valence electrons. The Morgan fingerprint density at radius 3 is 1.33 bits per heavy atom. The second kappa shape index (κ2) is 8.37. The minimum absolute atomic E-state index is 0.289. The Labute approximate surface area is 165 Å². The predicted molar refractivity (Wildman–Crippen MR) is 115 cm³/mol. The Balaban J connectivity index is 2.18. The summed E-state index contributed by atoms with van der Waals surface area (Å²) in [6, 6.07) is 11.8. The number of aromatic hydroxyl groups is 2. The molecule has 2 rings (SSSR count). The molecule has 0 heterocycles. The summed E-state index contributed by atoms with van der Waals surface area (Å²) in [6.07, 6.45) is 4.74. The van der Waals surface area contributed by atoms with Gasteiger partial charge >= 0.3 is 0 Å². The van der Waals surface area contributed by atoms with Gasteiger partial charge in [-0.2, -0.15) is 0 Å². The van der Waals surface area contributed by atoms with E-state index in [-0.39, 0.29) is 10.8 Å². The van der Waals surface area contributed by atoms with Crippen LogP contribution in [-0.2, 0) is 19.3 Å². The molecule has 0 spiro atoms. The highest BCUT2D eigenvalue weighted by Gasteiger charge is 2.14. The molecule has 0 aromatic heterocycles. The van der Waals surface area contributed by atoms with E-state index in [0.717, 1.165) is 36.8 Å². The van der Waals surface area contributed by atoms with Crippen LogP contribution in [-0.4, -0.2) is 10.2 Å². The molecule has 0 aliphatic carbocycles. The lowest BCUT2D eigenvalue weighted by atomic mass is 9.87.